The zero-order valence-corrected chi connectivity index (χ0v) is 25.2. The lowest BCUT2D eigenvalue weighted by Crippen LogP contribution is -2.01. The van der Waals surface area contributed by atoms with Gasteiger partial charge in [-0.25, -0.2) is 0 Å². The molecule has 0 fully saturated rings. The van der Waals surface area contributed by atoms with Crippen LogP contribution in [-0.2, 0) is 0 Å². The minimum Gasteiger partial charge on any atom is -0.456 e. The third-order valence-corrected chi connectivity index (χ3v) is 9.57. The number of rotatable bonds is 3. The summed E-state index contributed by atoms with van der Waals surface area (Å²) in [5.41, 5.74) is 10.8. The van der Waals surface area contributed by atoms with Crippen molar-refractivity contribution in [2.45, 2.75) is 0 Å². The van der Waals surface area contributed by atoms with Crippen molar-refractivity contribution < 1.29 is 4.42 Å². The first-order valence-corrected chi connectivity index (χ1v) is 15.8. The van der Waals surface area contributed by atoms with Crippen LogP contribution in [0.5, 0.6) is 0 Å². The maximum Gasteiger partial charge on any atom is 0.137 e. The molecule has 0 saturated carbocycles. The number of hydrogen-bond acceptors (Lipinski definition) is 2. The van der Waals surface area contributed by atoms with Gasteiger partial charge in [0.05, 0.1) is 33.3 Å². The Hall–Kier alpha value is -6.57. The highest BCUT2D eigenvalue weighted by atomic mass is 16.3. The van der Waals surface area contributed by atoms with E-state index in [1.54, 1.807) is 0 Å². The lowest BCUT2D eigenvalue weighted by Gasteiger charge is -2.16. The van der Waals surface area contributed by atoms with Crippen LogP contribution in [0.4, 0.5) is 0 Å². The summed E-state index contributed by atoms with van der Waals surface area (Å²) in [7, 11) is 0. The predicted octanol–water partition coefficient (Wildman–Crippen LogP) is 11.3. The smallest absolute Gasteiger partial charge is 0.137 e. The Labute approximate surface area is 269 Å². The molecule has 218 valence electrons. The van der Waals surface area contributed by atoms with Gasteiger partial charge in [0.1, 0.15) is 17.2 Å². The van der Waals surface area contributed by atoms with E-state index in [4.69, 9.17) is 4.42 Å². The molecule has 4 nitrogen and oxygen atoms in total. The minimum atomic E-state index is 0.635. The molecule has 3 heterocycles. The van der Waals surface area contributed by atoms with Gasteiger partial charge >= 0.3 is 0 Å². The average molecular weight is 600 g/mol. The van der Waals surface area contributed by atoms with E-state index in [9.17, 15) is 5.26 Å². The van der Waals surface area contributed by atoms with E-state index in [1.807, 2.05) is 24.3 Å². The van der Waals surface area contributed by atoms with Crippen LogP contribution >= 0.6 is 0 Å². The van der Waals surface area contributed by atoms with Crippen molar-refractivity contribution in [3.63, 3.8) is 0 Å². The number of aromatic nitrogens is 2. The van der Waals surface area contributed by atoms with Crippen LogP contribution < -0.4 is 0 Å². The average Bonchev–Trinajstić information content (AvgIpc) is 3.77. The highest BCUT2D eigenvalue weighted by Gasteiger charge is 2.20. The fourth-order valence-corrected chi connectivity index (χ4v) is 7.53. The van der Waals surface area contributed by atoms with Crippen molar-refractivity contribution in [2.75, 3.05) is 0 Å². The van der Waals surface area contributed by atoms with Crippen LogP contribution in [0.3, 0.4) is 0 Å². The molecule has 0 aliphatic rings. The number of nitrogens with zero attached hydrogens (tertiary/aromatic N) is 3. The zero-order valence-electron chi connectivity index (χ0n) is 25.2. The molecule has 3 aromatic heterocycles. The lowest BCUT2D eigenvalue weighted by molar-refractivity contribution is 0.669. The highest BCUT2D eigenvalue weighted by molar-refractivity contribution is 6.17. The quantitative estimate of drug-likeness (QED) is 0.203. The topological polar surface area (TPSA) is 46.8 Å². The summed E-state index contributed by atoms with van der Waals surface area (Å²) >= 11 is 0. The lowest BCUT2D eigenvalue weighted by atomic mass is 9.99. The van der Waals surface area contributed by atoms with Gasteiger partial charge in [0, 0.05) is 49.6 Å². The largest absolute Gasteiger partial charge is 0.456 e. The van der Waals surface area contributed by atoms with Crippen LogP contribution in [0.25, 0.3) is 88.1 Å². The summed E-state index contributed by atoms with van der Waals surface area (Å²) in [6.07, 6.45) is 0. The van der Waals surface area contributed by atoms with E-state index in [1.165, 1.54) is 21.5 Å². The molecule has 10 aromatic rings. The second-order valence-corrected chi connectivity index (χ2v) is 12.0. The first-order valence-electron chi connectivity index (χ1n) is 15.8. The minimum absolute atomic E-state index is 0.635. The molecule has 0 N–H and O–H groups in total. The van der Waals surface area contributed by atoms with Gasteiger partial charge < -0.3 is 13.6 Å². The van der Waals surface area contributed by atoms with Crippen LogP contribution in [0.2, 0.25) is 0 Å². The summed E-state index contributed by atoms with van der Waals surface area (Å²) in [5.74, 6) is 0. The molecule has 0 saturated heterocycles. The molecule has 10 rings (SSSR count). The first-order chi connectivity index (χ1) is 23.3. The molecule has 7 aromatic carbocycles. The Morgan fingerprint density at radius 3 is 1.72 bits per heavy atom. The molecule has 0 amide bonds. The van der Waals surface area contributed by atoms with Gasteiger partial charge in [-0.1, -0.05) is 97.1 Å². The summed E-state index contributed by atoms with van der Waals surface area (Å²) in [6.45, 7) is 0. The van der Waals surface area contributed by atoms with Crippen molar-refractivity contribution >= 4 is 65.6 Å². The Bertz CT molecular complexity index is 2860. The number of nitriles is 1. The van der Waals surface area contributed by atoms with Crippen LogP contribution in [-0.4, -0.2) is 9.13 Å². The third-order valence-electron chi connectivity index (χ3n) is 9.57. The fraction of sp³-hybridized carbons (Fsp3) is 0. The molecule has 4 heteroatoms. The standard InChI is InChI=1S/C43H25N3O/c44-26-28-10-9-15-30(43(28)46-38-17-6-1-11-31(38)32-12-2-7-18-39(32)46)27-20-22-29(23-21-27)45-37-16-5-3-13-33(37)35-24-36-34-14-4-8-19-41(34)47-42(36)25-40(35)45/h1-25H. The van der Waals surface area contributed by atoms with Crippen molar-refractivity contribution in [2.24, 2.45) is 0 Å². The van der Waals surface area contributed by atoms with Crippen molar-refractivity contribution in [3.05, 3.63) is 157 Å². The van der Waals surface area contributed by atoms with Crippen LogP contribution in [0, 0.1) is 11.3 Å². The van der Waals surface area contributed by atoms with Gasteiger partial charge in [-0.3, -0.25) is 0 Å². The van der Waals surface area contributed by atoms with Gasteiger partial charge in [-0.15, -0.1) is 0 Å². The maximum absolute atomic E-state index is 10.4. The summed E-state index contributed by atoms with van der Waals surface area (Å²) in [5, 5.41) is 17.3. The van der Waals surface area contributed by atoms with Crippen LogP contribution in [0.1, 0.15) is 5.56 Å². The van der Waals surface area contributed by atoms with E-state index < -0.39 is 0 Å². The van der Waals surface area contributed by atoms with Gasteiger partial charge in [-0.05, 0) is 54.1 Å². The Balaban J connectivity index is 1.19. The summed E-state index contributed by atoms with van der Waals surface area (Å²) < 4.78 is 10.9. The van der Waals surface area contributed by atoms with Crippen molar-refractivity contribution in [3.8, 4) is 28.6 Å². The van der Waals surface area contributed by atoms with E-state index in [2.05, 4.69) is 143 Å². The highest BCUT2D eigenvalue weighted by Crippen LogP contribution is 2.40. The Morgan fingerprint density at radius 2 is 1.04 bits per heavy atom. The summed E-state index contributed by atoms with van der Waals surface area (Å²) in [4.78, 5) is 0. The molecule has 0 aliphatic carbocycles. The number of benzene rings is 7. The Morgan fingerprint density at radius 1 is 0.447 bits per heavy atom. The van der Waals surface area contributed by atoms with E-state index in [0.29, 0.717) is 5.56 Å². The normalized spacial score (nSPS) is 11.8. The number of fused-ring (bicyclic) bond motifs is 9. The van der Waals surface area contributed by atoms with Gasteiger partial charge in [0.25, 0.3) is 0 Å². The second-order valence-electron chi connectivity index (χ2n) is 12.0. The molecular formula is C43H25N3O. The van der Waals surface area contributed by atoms with E-state index in [0.717, 1.165) is 66.5 Å². The van der Waals surface area contributed by atoms with Gasteiger partial charge in [0.2, 0.25) is 0 Å². The van der Waals surface area contributed by atoms with Crippen molar-refractivity contribution in [1.82, 2.24) is 9.13 Å². The predicted molar refractivity (Wildman–Crippen MR) is 193 cm³/mol. The summed E-state index contributed by atoms with van der Waals surface area (Å²) in [6, 6.07) is 55.3. The molecule has 0 radical (unpaired) electrons. The Kier molecular flexibility index (Phi) is 5.32. The van der Waals surface area contributed by atoms with Gasteiger partial charge in [-0.2, -0.15) is 5.26 Å². The molecule has 0 unspecified atom stereocenters. The van der Waals surface area contributed by atoms with E-state index in [-0.39, 0.29) is 0 Å². The SMILES string of the molecule is N#Cc1cccc(-c2ccc(-n3c4ccccc4c4cc5c(cc43)oc3ccccc35)cc2)c1-n1c2ccccc2c2ccccc21. The van der Waals surface area contributed by atoms with E-state index >= 15 is 0 Å². The van der Waals surface area contributed by atoms with Crippen LogP contribution in [0.15, 0.2) is 156 Å². The molecule has 0 aliphatic heterocycles. The first kappa shape index (κ1) is 25.7. The number of hydrogen-bond donors (Lipinski definition) is 0. The molecule has 47 heavy (non-hydrogen) atoms. The number of furan rings is 1. The molecule has 0 atom stereocenters. The zero-order chi connectivity index (χ0) is 31.1. The molecular weight excluding hydrogens is 574 g/mol. The number of para-hydroxylation sites is 5. The van der Waals surface area contributed by atoms with Gasteiger partial charge in [0.15, 0.2) is 0 Å². The third kappa shape index (κ3) is 3.63. The second kappa shape index (κ2) is 9.71. The van der Waals surface area contributed by atoms with Crippen molar-refractivity contribution in [1.29, 1.82) is 5.26 Å². The fourth-order valence-electron chi connectivity index (χ4n) is 7.53. The molecule has 0 bridgehead atoms. The molecule has 0 spiro atoms. The maximum atomic E-state index is 10.4. The monoisotopic (exact) mass is 599 g/mol.